The van der Waals surface area contributed by atoms with E-state index in [1.165, 1.54) is 67.1 Å². The number of rotatable bonds is 2. The predicted octanol–water partition coefficient (Wildman–Crippen LogP) is 9.96. The number of fused-ring (bicyclic) bond motifs is 2. The molecule has 0 aliphatic heterocycles. The van der Waals surface area contributed by atoms with Crippen molar-refractivity contribution >= 4 is 43.1 Å². The van der Waals surface area contributed by atoms with E-state index in [-0.39, 0.29) is 5.41 Å². The maximum atomic E-state index is 2.43. The van der Waals surface area contributed by atoms with Gasteiger partial charge in [-0.2, -0.15) is 0 Å². The first-order valence-electron chi connectivity index (χ1n) is 11.9. The quantitative estimate of drug-likeness (QED) is 0.201. The van der Waals surface area contributed by atoms with Gasteiger partial charge < -0.3 is 0 Å². The minimum atomic E-state index is 0.135. The second-order valence-electron chi connectivity index (χ2n) is 10.3. The fourth-order valence-corrected chi connectivity index (χ4v) is 4.52. The molecule has 0 N–H and O–H groups in total. The van der Waals surface area contributed by atoms with Gasteiger partial charge in [0.25, 0.3) is 0 Å². The van der Waals surface area contributed by atoms with Gasteiger partial charge in [-0.15, -0.1) is 0 Å². The van der Waals surface area contributed by atoms with Crippen molar-refractivity contribution in [2.45, 2.75) is 72.6 Å². The maximum absolute atomic E-state index is 2.43. The van der Waals surface area contributed by atoms with Crippen molar-refractivity contribution in [2.75, 3.05) is 0 Å². The van der Waals surface area contributed by atoms with Gasteiger partial charge in [-0.25, -0.2) is 0 Å². The van der Waals surface area contributed by atoms with Crippen LogP contribution in [-0.4, -0.2) is 0 Å². The Hall–Kier alpha value is -2.60. The molecule has 0 fully saturated rings. The highest BCUT2D eigenvalue weighted by Gasteiger charge is 2.19. The van der Waals surface area contributed by atoms with E-state index >= 15 is 0 Å². The lowest BCUT2D eigenvalue weighted by Crippen LogP contribution is -2.10. The van der Waals surface area contributed by atoms with E-state index in [0.29, 0.717) is 5.92 Å². The molecule has 160 valence electrons. The number of benzene rings is 5. The lowest BCUT2D eigenvalue weighted by Gasteiger charge is -2.22. The van der Waals surface area contributed by atoms with E-state index in [2.05, 4.69) is 109 Å². The molecular formula is C31H36. The van der Waals surface area contributed by atoms with Crippen molar-refractivity contribution in [3.8, 4) is 0 Å². The third kappa shape index (κ3) is 3.78. The first-order chi connectivity index (χ1) is 14.8. The molecule has 31 heavy (non-hydrogen) atoms. The summed E-state index contributed by atoms with van der Waals surface area (Å²) in [5, 5.41) is 11.1. The fraction of sp³-hybridized carbons (Fsp3) is 0.355. The van der Waals surface area contributed by atoms with Gasteiger partial charge in [0.05, 0.1) is 0 Å². The van der Waals surface area contributed by atoms with Gasteiger partial charge in [-0.3, -0.25) is 0 Å². The SMILES string of the molecule is CC(C)c1cc2cccc3c4cc(C(C)(C)C)cc5cccc(c(c1)c23)c54.CCCC. The van der Waals surface area contributed by atoms with Crippen LogP contribution in [0.2, 0.25) is 0 Å². The zero-order chi connectivity index (χ0) is 22.3. The summed E-state index contributed by atoms with van der Waals surface area (Å²) in [5.74, 6) is 0.526. The molecule has 0 heteroatoms. The summed E-state index contributed by atoms with van der Waals surface area (Å²) in [7, 11) is 0. The van der Waals surface area contributed by atoms with Gasteiger partial charge >= 0.3 is 0 Å². The number of hydrogen-bond donors (Lipinski definition) is 0. The largest absolute Gasteiger partial charge is 0.0654 e. The predicted molar refractivity (Wildman–Crippen MR) is 141 cm³/mol. The molecule has 5 aromatic rings. The van der Waals surface area contributed by atoms with Crippen molar-refractivity contribution in [1.29, 1.82) is 0 Å². The molecular weight excluding hydrogens is 372 g/mol. The van der Waals surface area contributed by atoms with Crippen molar-refractivity contribution in [1.82, 2.24) is 0 Å². The number of hydrogen-bond acceptors (Lipinski definition) is 0. The van der Waals surface area contributed by atoms with Gasteiger partial charge in [0.1, 0.15) is 0 Å². The maximum Gasteiger partial charge on any atom is -0.00262 e. The molecule has 0 unspecified atom stereocenters. The summed E-state index contributed by atoms with van der Waals surface area (Å²) in [6.07, 6.45) is 2.64. The van der Waals surface area contributed by atoms with Gasteiger partial charge in [-0.05, 0) is 71.6 Å². The zero-order valence-electron chi connectivity index (χ0n) is 20.3. The van der Waals surface area contributed by atoms with E-state index in [1.807, 2.05) is 0 Å². The van der Waals surface area contributed by atoms with Crippen molar-refractivity contribution in [3.05, 3.63) is 71.8 Å². The standard InChI is InChI=1S/C27H26.C4H10/c1-16(2)19-12-17-8-6-11-22-24-15-20(27(3,4)5)13-18-9-7-10-21(26(18)24)23(14-19)25(17)22;1-3-4-2/h6-16H,1-5H3;3-4H2,1-2H3. The van der Waals surface area contributed by atoms with Gasteiger partial charge in [0.2, 0.25) is 0 Å². The molecule has 0 amide bonds. The topological polar surface area (TPSA) is 0 Å². The van der Waals surface area contributed by atoms with Crippen LogP contribution in [0.15, 0.2) is 60.7 Å². The van der Waals surface area contributed by atoms with Crippen LogP contribution < -0.4 is 0 Å². The Balaban J connectivity index is 0.000000535. The molecule has 0 atom stereocenters. The second kappa shape index (κ2) is 8.15. The van der Waals surface area contributed by atoms with Crippen LogP contribution in [0.4, 0.5) is 0 Å². The lowest BCUT2D eigenvalue weighted by molar-refractivity contribution is 0.592. The summed E-state index contributed by atoms with van der Waals surface area (Å²) < 4.78 is 0. The molecule has 5 rings (SSSR count). The summed E-state index contributed by atoms with van der Waals surface area (Å²) in [6, 6.07) is 23.2. The van der Waals surface area contributed by atoms with Gasteiger partial charge in [0, 0.05) is 0 Å². The first-order valence-corrected chi connectivity index (χ1v) is 11.9. The molecule has 0 heterocycles. The first kappa shape index (κ1) is 21.6. The third-order valence-electron chi connectivity index (χ3n) is 6.59. The Morgan fingerprint density at radius 3 is 1.65 bits per heavy atom. The molecule has 0 nitrogen and oxygen atoms in total. The highest BCUT2D eigenvalue weighted by atomic mass is 14.2. The molecule has 0 saturated heterocycles. The Kier molecular flexibility index (Phi) is 5.69. The molecule has 0 bridgehead atoms. The molecule has 0 saturated carbocycles. The molecule has 0 aliphatic carbocycles. The Morgan fingerprint density at radius 2 is 1.16 bits per heavy atom. The van der Waals surface area contributed by atoms with E-state index in [9.17, 15) is 0 Å². The Morgan fingerprint density at radius 1 is 0.645 bits per heavy atom. The molecule has 0 aliphatic rings. The minimum absolute atomic E-state index is 0.135. The third-order valence-corrected chi connectivity index (χ3v) is 6.59. The van der Waals surface area contributed by atoms with E-state index in [1.54, 1.807) is 0 Å². The lowest BCUT2D eigenvalue weighted by atomic mass is 9.81. The van der Waals surface area contributed by atoms with Crippen molar-refractivity contribution in [3.63, 3.8) is 0 Å². The van der Waals surface area contributed by atoms with Crippen molar-refractivity contribution < 1.29 is 0 Å². The van der Waals surface area contributed by atoms with Gasteiger partial charge in [0.15, 0.2) is 0 Å². The Labute approximate surface area is 187 Å². The summed E-state index contributed by atoms with van der Waals surface area (Å²) in [6.45, 7) is 15.8. The average molecular weight is 409 g/mol. The number of unbranched alkanes of at least 4 members (excludes halogenated alkanes) is 1. The van der Waals surface area contributed by atoms with Gasteiger partial charge in [-0.1, -0.05) is 116 Å². The van der Waals surface area contributed by atoms with Crippen LogP contribution in [0.5, 0.6) is 0 Å². The van der Waals surface area contributed by atoms with Crippen LogP contribution in [0, 0.1) is 0 Å². The smallest absolute Gasteiger partial charge is 0.00262 e. The minimum Gasteiger partial charge on any atom is -0.0654 e. The van der Waals surface area contributed by atoms with E-state index < -0.39 is 0 Å². The summed E-state index contributed by atoms with van der Waals surface area (Å²) >= 11 is 0. The van der Waals surface area contributed by atoms with Crippen LogP contribution in [-0.2, 0) is 5.41 Å². The fourth-order valence-electron chi connectivity index (χ4n) is 4.52. The van der Waals surface area contributed by atoms with Crippen LogP contribution in [0.3, 0.4) is 0 Å². The highest BCUT2D eigenvalue weighted by Crippen LogP contribution is 2.43. The van der Waals surface area contributed by atoms with Crippen LogP contribution >= 0.6 is 0 Å². The monoisotopic (exact) mass is 408 g/mol. The molecule has 0 spiro atoms. The highest BCUT2D eigenvalue weighted by molar-refractivity contribution is 6.33. The molecule has 0 aromatic heterocycles. The van der Waals surface area contributed by atoms with Crippen LogP contribution in [0.25, 0.3) is 43.1 Å². The average Bonchev–Trinajstić information content (AvgIpc) is 2.75. The summed E-state index contributed by atoms with van der Waals surface area (Å²) in [5.41, 5.74) is 2.96. The van der Waals surface area contributed by atoms with E-state index in [4.69, 9.17) is 0 Å². The second-order valence-corrected chi connectivity index (χ2v) is 10.3. The summed E-state index contributed by atoms with van der Waals surface area (Å²) in [4.78, 5) is 0. The Bertz CT molecular complexity index is 1340. The van der Waals surface area contributed by atoms with Crippen molar-refractivity contribution in [2.24, 2.45) is 0 Å². The normalized spacial score (nSPS) is 12.3. The zero-order valence-corrected chi connectivity index (χ0v) is 20.3. The van der Waals surface area contributed by atoms with Crippen LogP contribution in [0.1, 0.15) is 78.4 Å². The van der Waals surface area contributed by atoms with E-state index in [0.717, 1.165) is 0 Å². The molecule has 5 aromatic carbocycles. The molecule has 0 radical (unpaired) electrons.